The first-order valence-corrected chi connectivity index (χ1v) is 7.97. The smallest absolute Gasteiger partial charge is 0.263 e. The molecule has 0 bridgehead atoms. The van der Waals surface area contributed by atoms with E-state index in [9.17, 15) is 14.3 Å². The quantitative estimate of drug-likeness (QED) is 0.877. The van der Waals surface area contributed by atoms with E-state index in [-0.39, 0.29) is 11.7 Å². The Morgan fingerprint density at radius 2 is 2.14 bits per heavy atom. The minimum Gasteiger partial charge on any atom is -0.390 e. The van der Waals surface area contributed by atoms with Crippen LogP contribution in [0.25, 0.3) is 10.1 Å². The van der Waals surface area contributed by atoms with Crippen molar-refractivity contribution >= 4 is 27.3 Å². The van der Waals surface area contributed by atoms with Crippen molar-refractivity contribution in [3.63, 3.8) is 0 Å². The fourth-order valence-electron chi connectivity index (χ4n) is 2.74. The number of hydrogen-bond acceptors (Lipinski definition) is 3. The number of hydrogen-bond donors (Lipinski definition) is 1. The van der Waals surface area contributed by atoms with Crippen LogP contribution in [-0.4, -0.2) is 34.6 Å². The van der Waals surface area contributed by atoms with Crippen LogP contribution in [0.2, 0.25) is 0 Å². The van der Waals surface area contributed by atoms with Gasteiger partial charge in [-0.25, -0.2) is 4.39 Å². The second-order valence-electron chi connectivity index (χ2n) is 5.94. The molecule has 0 saturated carbocycles. The predicted octanol–water partition coefficient (Wildman–Crippen LogP) is 3.42. The molecule has 112 valence electrons. The lowest BCUT2D eigenvalue weighted by Gasteiger charge is -2.22. The topological polar surface area (TPSA) is 40.5 Å². The number of carbonyl (C=O) groups is 1. The van der Waals surface area contributed by atoms with E-state index in [2.05, 4.69) is 0 Å². The van der Waals surface area contributed by atoms with Gasteiger partial charge in [0.15, 0.2) is 0 Å². The van der Waals surface area contributed by atoms with Gasteiger partial charge in [-0.15, -0.1) is 11.3 Å². The first-order valence-electron chi connectivity index (χ1n) is 7.15. The molecule has 1 aliphatic heterocycles. The Morgan fingerprint density at radius 3 is 2.95 bits per heavy atom. The third kappa shape index (κ3) is 3.09. The van der Waals surface area contributed by atoms with Crippen LogP contribution in [0, 0.1) is 5.82 Å². The first-order chi connectivity index (χ1) is 9.94. The fraction of sp³-hybridized carbons (Fsp3) is 0.438. The molecule has 1 atom stereocenters. The van der Waals surface area contributed by atoms with Crippen LogP contribution in [0.4, 0.5) is 4.39 Å². The predicted molar refractivity (Wildman–Crippen MR) is 82.2 cm³/mol. The van der Waals surface area contributed by atoms with Gasteiger partial charge in [0.05, 0.1) is 10.5 Å². The summed E-state index contributed by atoms with van der Waals surface area (Å²) in [5.74, 6) is -0.306. The summed E-state index contributed by atoms with van der Waals surface area (Å²) in [4.78, 5) is 15.0. The second-order valence-corrected chi connectivity index (χ2v) is 7.02. The van der Waals surface area contributed by atoms with Gasteiger partial charge < -0.3 is 10.0 Å². The summed E-state index contributed by atoms with van der Waals surface area (Å²) in [5.41, 5.74) is -0.682. The number of rotatable bonds is 1. The van der Waals surface area contributed by atoms with E-state index < -0.39 is 5.60 Å². The third-order valence-electron chi connectivity index (χ3n) is 4.04. The molecule has 0 aliphatic carbocycles. The molecule has 1 aliphatic rings. The normalized spacial score (nSPS) is 23.3. The number of likely N-dealkylation sites (tertiary alicyclic amines) is 1. The fourth-order valence-corrected chi connectivity index (χ4v) is 3.75. The summed E-state index contributed by atoms with van der Waals surface area (Å²) < 4.78 is 14.1. The van der Waals surface area contributed by atoms with Crippen molar-refractivity contribution in [2.45, 2.75) is 31.8 Å². The minimum atomic E-state index is -0.682. The number of nitrogens with zero attached hydrogens (tertiary/aromatic N) is 1. The van der Waals surface area contributed by atoms with Gasteiger partial charge in [0.1, 0.15) is 5.82 Å². The molecular formula is C16H18FNO2S. The highest BCUT2D eigenvalue weighted by atomic mass is 32.1. The van der Waals surface area contributed by atoms with E-state index in [4.69, 9.17) is 0 Å². The van der Waals surface area contributed by atoms with E-state index in [1.54, 1.807) is 17.0 Å². The number of amides is 1. The van der Waals surface area contributed by atoms with E-state index >= 15 is 0 Å². The molecule has 5 heteroatoms. The molecule has 1 saturated heterocycles. The van der Waals surface area contributed by atoms with Crippen LogP contribution >= 0.6 is 11.3 Å². The van der Waals surface area contributed by atoms with Crippen LogP contribution in [-0.2, 0) is 0 Å². The number of thiophene rings is 1. The Hall–Kier alpha value is -1.46. The van der Waals surface area contributed by atoms with Crippen LogP contribution in [0.1, 0.15) is 35.9 Å². The molecule has 2 heterocycles. The van der Waals surface area contributed by atoms with E-state index in [1.807, 2.05) is 6.92 Å². The van der Waals surface area contributed by atoms with Crippen molar-refractivity contribution in [2.75, 3.05) is 13.1 Å². The number of fused-ring (bicyclic) bond motifs is 1. The summed E-state index contributed by atoms with van der Waals surface area (Å²) in [7, 11) is 0. The first kappa shape index (κ1) is 14.5. The number of halogens is 1. The van der Waals surface area contributed by atoms with E-state index in [1.165, 1.54) is 23.5 Å². The standard InChI is InChI=1S/C16H18FNO2S/c1-16(20)5-2-7-18(8-6-16)15(19)14-10-11-9-12(17)3-4-13(11)21-14/h3-4,9-10,20H,2,5-8H2,1H3. The maximum Gasteiger partial charge on any atom is 0.263 e. The Labute approximate surface area is 127 Å². The monoisotopic (exact) mass is 307 g/mol. The van der Waals surface area contributed by atoms with Gasteiger partial charge in [-0.2, -0.15) is 0 Å². The average molecular weight is 307 g/mol. The molecule has 2 aromatic rings. The van der Waals surface area contributed by atoms with Crippen LogP contribution < -0.4 is 0 Å². The highest BCUT2D eigenvalue weighted by molar-refractivity contribution is 7.20. The Kier molecular flexibility index (Phi) is 3.71. The second kappa shape index (κ2) is 5.39. The molecule has 1 fully saturated rings. The largest absolute Gasteiger partial charge is 0.390 e. The molecule has 1 N–H and O–H groups in total. The maximum absolute atomic E-state index is 13.2. The molecular weight excluding hydrogens is 289 g/mol. The molecule has 1 aromatic heterocycles. The van der Waals surface area contributed by atoms with Gasteiger partial charge in [0.25, 0.3) is 5.91 Å². The van der Waals surface area contributed by atoms with Crippen molar-refractivity contribution in [2.24, 2.45) is 0 Å². The van der Waals surface area contributed by atoms with Crippen molar-refractivity contribution in [3.05, 3.63) is 35.0 Å². The highest BCUT2D eigenvalue weighted by Crippen LogP contribution is 2.29. The summed E-state index contributed by atoms with van der Waals surface area (Å²) in [6.07, 6.45) is 2.12. The summed E-state index contributed by atoms with van der Waals surface area (Å²) >= 11 is 1.39. The summed E-state index contributed by atoms with van der Waals surface area (Å²) in [5, 5.41) is 10.9. The summed E-state index contributed by atoms with van der Waals surface area (Å²) in [6.45, 7) is 3.05. The molecule has 0 spiro atoms. The van der Waals surface area contributed by atoms with Gasteiger partial charge in [0, 0.05) is 17.8 Å². The lowest BCUT2D eigenvalue weighted by Crippen LogP contribution is -2.33. The summed E-state index contributed by atoms with van der Waals surface area (Å²) in [6, 6.07) is 6.33. The zero-order valence-corrected chi connectivity index (χ0v) is 12.8. The minimum absolute atomic E-state index is 0.0192. The van der Waals surface area contributed by atoms with Gasteiger partial charge >= 0.3 is 0 Å². The van der Waals surface area contributed by atoms with Gasteiger partial charge in [-0.05, 0) is 55.8 Å². The Bertz CT molecular complexity index is 680. The highest BCUT2D eigenvalue weighted by Gasteiger charge is 2.28. The number of aliphatic hydroxyl groups is 1. The van der Waals surface area contributed by atoms with Crippen LogP contribution in [0.3, 0.4) is 0 Å². The molecule has 1 unspecified atom stereocenters. The van der Waals surface area contributed by atoms with Crippen LogP contribution in [0.15, 0.2) is 24.3 Å². The van der Waals surface area contributed by atoms with E-state index in [0.29, 0.717) is 30.8 Å². The average Bonchev–Trinajstić information content (AvgIpc) is 2.75. The maximum atomic E-state index is 13.2. The lowest BCUT2D eigenvalue weighted by atomic mass is 9.98. The van der Waals surface area contributed by atoms with Gasteiger partial charge in [0.2, 0.25) is 0 Å². The number of benzene rings is 1. The number of carbonyl (C=O) groups excluding carboxylic acids is 1. The molecule has 3 nitrogen and oxygen atoms in total. The van der Waals surface area contributed by atoms with Crippen molar-refractivity contribution in [3.8, 4) is 0 Å². The van der Waals surface area contributed by atoms with E-state index in [0.717, 1.165) is 16.5 Å². The molecule has 21 heavy (non-hydrogen) atoms. The Balaban J connectivity index is 1.83. The van der Waals surface area contributed by atoms with Gasteiger partial charge in [-0.1, -0.05) is 0 Å². The molecule has 3 rings (SSSR count). The molecule has 1 amide bonds. The Morgan fingerprint density at radius 1 is 1.33 bits per heavy atom. The third-order valence-corrected chi connectivity index (χ3v) is 5.14. The van der Waals surface area contributed by atoms with Crippen LogP contribution in [0.5, 0.6) is 0 Å². The lowest BCUT2D eigenvalue weighted by molar-refractivity contribution is 0.0438. The van der Waals surface area contributed by atoms with Crippen molar-refractivity contribution < 1.29 is 14.3 Å². The molecule has 0 radical (unpaired) electrons. The zero-order valence-electron chi connectivity index (χ0n) is 11.9. The zero-order chi connectivity index (χ0) is 15.0. The molecule has 1 aromatic carbocycles. The SMILES string of the molecule is CC1(O)CCCN(C(=O)c2cc3cc(F)ccc3s2)CC1. The van der Waals surface area contributed by atoms with Crippen molar-refractivity contribution in [1.82, 2.24) is 4.90 Å². The van der Waals surface area contributed by atoms with Gasteiger partial charge in [-0.3, -0.25) is 4.79 Å². The van der Waals surface area contributed by atoms with Crippen molar-refractivity contribution in [1.29, 1.82) is 0 Å².